The summed E-state index contributed by atoms with van der Waals surface area (Å²) in [4.78, 5) is 0. The molecule has 0 amide bonds. The molecule has 0 spiro atoms. The Hall–Kier alpha value is 0.214. The Balaban J connectivity index is -0.00000000833. The molecular formula is H12O10SV. The van der Waals surface area contributed by atoms with Gasteiger partial charge in [0.25, 0.3) is 0 Å². The van der Waals surface area contributed by atoms with Gasteiger partial charge in [0.05, 0.1) is 0 Å². The van der Waals surface area contributed by atoms with E-state index in [4.69, 9.17) is 18.2 Å². The van der Waals surface area contributed by atoms with Crippen LogP contribution >= 0.6 is 0 Å². The van der Waals surface area contributed by atoms with E-state index in [1.54, 1.807) is 0 Å². The van der Waals surface area contributed by atoms with Crippen LogP contribution in [0.1, 0.15) is 0 Å². The summed E-state index contributed by atoms with van der Waals surface area (Å²) < 4.78 is 28.0. The van der Waals surface area contributed by atoms with E-state index in [0.717, 1.165) is 0 Å². The van der Waals surface area contributed by atoms with E-state index < -0.39 is 10.4 Å². The van der Waals surface area contributed by atoms with Gasteiger partial charge in [-0.25, -0.2) is 5.26 Å². The van der Waals surface area contributed by atoms with E-state index in [1.165, 1.54) is 0 Å². The zero-order valence-corrected chi connectivity index (χ0v) is 7.69. The molecule has 0 aromatic rings. The molecule has 0 rings (SSSR count). The van der Waals surface area contributed by atoms with Gasteiger partial charge in [0, 0.05) is 18.6 Å². The van der Waals surface area contributed by atoms with Crippen molar-refractivity contribution in [3.63, 3.8) is 0 Å². The summed E-state index contributed by atoms with van der Waals surface area (Å²) in [6.45, 7) is 0. The van der Waals surface area contributed by atoms with Crippen molar-refractivity contribution < 1.29 is 68.5 Å². The maximum Gasteiger partial charge on any atom is 0.423 e. The minimum absolute atomic E-state index is 0. The Labute approximate surface area is 79.5 Å². The van der Waals surface area contributed by atoms with Crippen molar-refractivity contribution >= 4 is 10.4 Å². The van der Waals surface area contributed by atoms with Crippen LogP contribution in [-0.2, 0) is 33.3 Å². The molecule has 0 aliphatic heterocycles. The van der Waals surface area contributed by atoms with Crippen molar-refractivity contribution in [2.24, 2.45) is 0 Å². The Morgan fingerprint density at radius 2 is 1.00 bits per heavy atom. The zero-order chi connectivity index (χ0) is 5.21. The molecule has 0 aromatic carbocycles. The van der Waals surface area contributed by atoms with Gasteiger partial charge in [0.2, 0.25) is 0 Å². The minimum atomic E-state index is -4.61. The van der Waals surface area contributed by atoms with E-state index in [2.05, 4.69) is 4.33 Å². The third-order valence-corrected chi connectivity index (χ3v) is 0.283. The van der Waals surface area contributed by atoms with Crippen LogP contribution in [0.5, 0.6) is 0 Å². The Morgan fingerprint density at radius 3 is 1.00 bits per heavy atom. The van der Waals surface area contributed by atoms with Gasteiger partial charge in [0.1, 0.15) is 0 Å². The first kappa shape index (κ1) is 56.5. The third-order valence-electron chi connectivity index (χ3n) is 0.0942. The summed E-state index contributed by atoms with van der Waals surface area (Å²) in [7, 11) is -4.61. The van der Waals surface area contributed by atoms with E-state index in [1.807, 2.05) is 0 Å². The van der Waals surface area contributed by atoms with Gasteiger partial charge in [-0.3, -0.25) is 4.55 Å². The van der Waals surface area contributed by atoms with E-state index in [0.29, 0.717) is 0 Å². The minimum Gasteiger partial charge on any atom is -0.412 e. The molecule has 12 heavy (non-hydrogen) atoms. The number of hydrogen-bond donors (Lipinski definition) is 2. The van der Waals surface area contributed by atoms with Crippen LogP contribution in [-0.4, -0.2) is 45.6 Å². The Bertz CT molecular complexity index is 112. The summed E-state index contributed by atoms with van der Waals surface area (Å²) >= 11 is 0. The molecule has 0 atom stereocenters. The van der Waals surface area contributed by atoms with Crippen LogP contribution in [0.2, 0.25) is 0 Å². The van der Waals surface area contributed by atoms with Crippen LogP contribution in [0.4, 0.5) is 0 Å². The average Bonchev–Trinajstić information content (AvgIpc) is 1.35. The molecule has 10 nitrogen and oxygen atoms in total. The summed E-state index contributed by atoms with van der Waals surface area (Å²) in [6.07, 6.45) is 0. The molecule has 0 aromatic heterocycles. The third kappa shape index (κ3) is 83.9. The summed E-state index contributed by atoms with van der Waals surface area (Å²) in [5.41, 5.74) is 0. The van der Waals surface area contributed by atoms with Gasteiger partial charge < -0.3 is 27.4 Å². The van der Waals surface area contributed by atoms with Crippen molar-refractivity contribution in [2.45, 2.75) is 0 Å². The van der Waals surface area contributed by atoms with Crippen molar-refractivity contribution in [3.05, 3.63) is 0 Å². The molecule has 0 aliphatic carbocycles. The van der Waals surface area contributed by atoms with Crippen LogP contribution in [0.15, 0.2) is 0 Å². The van der Waals surface area contributed by atoms with Crippen molar-refractivity contribution in [1.82, 2.24) is 0 Å². The second-order valence-corrected chi connectivity index (χ2v) is 1.51. The molecule has 0 saturated heterocycles. The topological polar surface area (TPSA) is 241 Å². The first-order valence-corrected chi connectivity index (χ1v) is 2.23. The quantitative estimate of drug-likeness (QED) is 0.265. The average molecular weight is 255 g/mol. The second kappa shape index (κ2) is 22.5. The molecule has 0 saturated carbocycles. The number of rotatable bonds is 1. The predicted molar refractivity (Wildman–Crippen MR) is 33.3 cm³/mol. The maximum atomic E-state index is 9.08. The van der Waals surface area contributed by atoms with Gasteiger partial charge in [-0.1, -0.05) is 4.33 Å². The second-order valence-electron chi connectivity index (χ2n) is 0.502. The molecule has 12 heteroatoms. The maximum absolute atomic E-state index is 9.08. The van der Waals surface area contributed by atoms with Crippen LogP contribution in [0, 0.1) is 0 Å². The fourth-order valence-corrected chi connectivity index (χ4v) is 0. The smallest absolute Gasteiger partial charge is 0.412 e. The normalized spacial score (nSPS) is 5.83. The fourth-order valence-electron chi connectivity index (χ4n) is 0. The van der Waals surface area contributed by atoms with Crippen LogP contribution < -0.4 is 0 Å². The van der Waals surface area contributed by atoms with Gasteiger partial charge in [-0.2, -0.15) is 8.42 Å². The van der Waals surface area contributed by atoms with Gasteiger partial charge >= 0.3 is 10.4 Å². The summed E-state index contributed by atoms with van der Waals surface area (Å²) in [5, 5.41) is 7.06. The van der Waals surface area contributed by atoms with Crippen molar-refractivity contribution in [1.29, 1.82) is 0 Å². The SMILES string of the molecule is O.O.O.O.O.O=S(=O)(O)OO.[V]. The van der Waals surface area contributed by atoms with Gasteiger partial charge in [0.15, 0.2) is 0 Å². The predicted octanol–water partition coefficient (Wildman–Crippen LogP) is -4.85. The van der Waals surface area contributed by atoms with E-state index >= 15 is 0 Å². The van der Waals surface area contributed by atoms with Crippen LogP contribution in [0.25, 0.3) is 0 Å². The first-order chi connectivity index (χ1) is 2.56. The molecule has 1 radical (unpaired) electrons. The number of hydrogen-bond acceptors (Lipinski definition) is 4. The monoisotopic (exact) mass is 255 g/mol. The first-order valence-electron chi connectivity index (χ1n) is 0.865. The molecule has 0 heterocycles. The van der Waals surface area contributed by atoms with Crippen LogP contribution in [0.3, 0.4) is 0 Å². The zero-order valence-electron chi connectivity index (χ0n) is 5.47. The Kier molecular flexibility index (Phi) is 106. The van der Waals surface area contributed by atoms with Gasteiger partial charge in [-0.15, -0.1) is 0 Å². The standard InChI is InChI=1S/H2O5S.5H2O.V/c1-5-6(2,3)4;;;;;;/h1H,(H,2,3,4);5*1H2;. The summed E-state index contributed by atoms with van der Waals surface area (Å²) in [6, 6.07) is 0. The van der Waals surface area contributed by atoms with E-state index in [9.17, 15) is 0 Å². The van der Waals surface area contributed by atoms with Gasteiger partial charge in [-0.05, 0) is 0 Å². The molecular weight excluding hydrogens is 243 g/mol. The summed E-state index contributed by atoms with van der Waals surface area (Å²) in [5.74, 6) is 0. The van der Waals surface area contributed by atoms with Crippen molar-refractivity contribution in [2.75, 3.05) is 0 Å². The molecule has 0 unspecified atom stereocenters. The largest absolute Gasteiger partial charge is 0.423 e. The fraction of sp³-hybridized carbons (Fsp3) is 0. The molecule has 12 N–H and O–H groups in total. The van der Waals surface area contributed by atoms with Crippen molar-refractivity contribution in [3.8, 4) is 0 Å². The molecule has 0 bridgehead atoms. The molecule has 0 fully saturated rings. The van der Waals surface area contributed by atoms with E-state index in [-0.39, 0.29) is 45.9 Å². The molecule has 0 aliphatic rings. The molecule has 83 valence electrons. The Morgan fingerprint density at radius 1 is 0.917 bits per heavy atom.